The number of esters is 1. The molecule has 2 aliphatic carbocycles. The number of hydrogen-bond donors (Lipinski definition) is 1. The van der Waals surface area contributed by atoms with Gasteiger partial charge in [0.1, 0.15) is 6.10 Å². The van der Waals surface area contributed by atoms with Gasteiger partial charge in [-0.15, -0.1) is 0 Å². The van der Waals surface area contributed by atoms with Gasteiger partial charge in [0.05, 0.1) is 0 Å². The fourth-order valence-electron chi connectivity index (χ4n) is 3.52. The first-order chi connectivity index (χ1) is 10.9. The summed E-state index contributed by atoms with van der Waals surface area (Å²) >= 11 is 0. The number of hydrogen-bond acceptors (Lipinski definition) is 5. The first kappa shape index (κ1) is 18.8. The third kappa shape index (κ3) is 3.90. The Balaban J connectivity index is 1.95. The average molecular weight is 369 g/mol. The summed E-state index contributed by atoms with van der Waals surface area (Å²) in [4.78, 5) is 23.3. The molecule has 1 N–H and O–H groups in total. The van der Waals surface area contributed by atoms with E-state index in [0.29, 0.717) is 19.3 Å². The summed E-state index contributed by atoms with van der Waals surface area (Å²) in [5.41, 5.74) is -5.29. The largest absolute Gasteiger partial charge is 0.516 e. The third-order valence-corrected chi connectivity index (χ3v) is 5.60. The van der Waals surface area contributed by atoms with Gasteiger partial charge in [0, 0.05) is 12.0 Å². The first-order valence-electron chi connectivity index (χ1n) is 7.39. The molecule has 0 saturated heterocycles. The first-order valence-corrected chi connectivity index (χ1v) is 8.87. The lowest BCUT2D eigenvalue weighted by atomic mass is 9.84. The Morgan fingerprint density at radius 2 is 1.88 bits per heavy atom. The molecule has 1 amide bonds. The second-order valence-electron chi connectivity index (χ2n) is 6.40. The standard InChI is InChI=1S/C14H18F3NO5S/c1-7(2)13(20)23-11-5-8-3-9(10(11)4-8)6-12(19)18-24(21,22)14(15,16)17/h8-11H,1,3-6H2,2H3,(H,18,19). The molecule has 0 aromatic carbocycles. The highest BCUT2D eigenvalue weighted by Gasteiger charge is 2.50. The van der Waals surface area contributed by atoms with Crippen LogP contribution in [0.4, 0.5) is 13.2 Å². The van der Waals surface area contributed by atoms with Gasteiger partial charge in [0.15, 0.2) is 0 Å². The van der Waals surface area contributed by atoms with Gasteiger partial charge in [-0.05, 0) is 43.9 Å². The molecule has 2 saturated carbocycles. The summed E-state index contributed by atoms with van der Waals surface area (Å²) in [5, 5.41) is 0. The predicted molar refractivity (Wildman–Crippen MR) is 76.7 cm³/mol. The van der Waals surface area contributed by atoms with Gasteiger partial charge < -0.3 is 4.74 Å². The van der Waals surface area contributed by atoms with Crippen LogP contribution < -0.4 is 4.72 Å². The van der Waals surface area contributed by atoms with Crippen LogP contribution in [0.15, 0.2) is 12.2 Å². The topological polar surface area (TPSA) is 89.5 Å². The van der Waals surface area contributed by atoms with Crippen LogP contribution in [-0.2, 0) is 24.3 Å². The van der Waals surface area contributed by atoms with Crippen molar-refractivity contribution in [3.05, 3.63) is 12.2 Å². The molecule has 0 heterocycles. The van der Waals surface area contributed by atoms with Gasteiger partial charge in [-0.1, -0.05) is 6.58 Å². The number of carbonyl (C=O) groups is 2. The maximum Gasteiger partial charge on any atom is 0.516 e. The van der Waals surface area contributed by atoms with E-state index in [4.69, 9.17) is 4.74 Å². The van der Waals surface area contributed by atoms with Crippen molar-refractivity contribution in [3.8, 4) is 0 Å². The van der Waals surface area contributed by atoms with E-state index in [1.807, 2.05) is 0 Å². The normalized spacial score (nSPS) is 29.3. The minimum Gasteiger partial charge on any atom is -0.459 e. The lowest BCUT2D eigenvalue weighted by Crippen LogP contribution is -2.41. The fraction of sp³-hybridized carbons (Fsp3) is 0.714. The SMILES string of the molecule is C=C(C)C(=O)OC1CC2CC(CC(=O)NS(=O)(=O)C(F)(F)F)C1C2. The second kappa shape index (κ2) is 6.38. The van der Waals surface area contributed by atoms with E-state index in [1.54, 1.807) is 0 Å². The summed E-state index contributed by atoms with van der Waals surface area (Å²) in [6.45, 7) is 4.98. The van der Waals surface area contributed by atoms with Gasteiger partial charge in [0.25, 0.3) is 0 Å². The molecule has 0 aliphatic heterocycles. The number of carbonyl (C=O) groups excluding carboxylic acids is 2. The van der Waals surface area contributed by atoms with Crippen LogP contribution in [0.3, 0.4) is 0 Å². The second-order valence-corrected chi connectivity index (χ2v) is 8.07. The van der Waals surface area contributed by atoms with Crippen molar-refractivity contribution in [2.24, 2.45) is 17.8 Å². The Hall–Kier alpha value is -1.58. The Bertz CT molecular complexity index is 658. The summed E-state index contributed by atoms with van der Waals surface area (Å²) in [6.07, 6.45) is 1.19. The lowest BCUT2D eigenvalue weighted by molar-refractivity contribution is -0.147. The van der Waals surface area contributed by atoms with E-state index < -0.39 is 33.5 Å². The lowest BCUT2D eigenvalue weighted by Gasteiger charge is -2.29. The molecule has 6 nitrogen and oxygen atoms in total. The molecule has 2 rings (SSSR count). The van der Waals surface area contributed by atoms with Crippen LogP contribution >= 0.6 is 0 Å². The van der Waals surface area contributed by atoms with E-state index in [2.05, 4.69) is 6.58 Å². The number of nitrogens with one attached hydrogen (secondary N) is 1. The molecule has 0 radical (unpaired) electrons. The molecule has 0 aromatic heterocycles. The van der Waals surface area contributed by atoms with Crippen LogP contribution in [0.2, 0.25) is 0 Å². The van der Waals surface area contributed by atoms with E-state index in [0.717, 1.165) is 4.72 Å². The molecule has 2 bridgehead atoms. The van der Waals surface area contributed by atoms with E-state index in [1.165, 1.54) is 6.92 Å². The van der Waals surface area contributed by atoms with Crippen LogP contribution in [0.5, 0.6) is 0 Å². The molecule has 4 unspecified atom stereocenters. The minimum atomic E-state index is -5.69. The number of fused-ring (bicyclic) bond motifs is 2. The van der Waals surface area contributed by atoms with Crippen LogP contribution in [0.25, 0.3) is 0 Å². The maximum atomic E-state index is 12.3. The van der Waals surface area contributed by atoms with E-state index in [9.17, 15) is 31.2 Å². The molecule has 0 aromatic rings. The van der Waals surface area contributed by atoms with Crippen molar-refractivity contribution in [3.63, 3.8) is 0 Å². The summed E-state index contributed by atoms with van der Waals surface area (Å²) in [6, 6.07) is 0. The van der Waals surface area contributed by atoms with Crippen LogP contribution in [-0.4, -0.2) is 31.9 Å². The monoisotopic (exact) mass is 369 g/mol. The third-order valence-electron chi connectivity index (χ3n) is 4.50. The summed E-state index contributed by atoms with van der Waals surface area (Å²) in [5.74, 6) is -1.99. The Morgan fingerprint density at radius 1 is 1.25 bits per heavy atom. The number of ether oxygens (including phenoxy) is 1. The van der Waals surface area contributed by atoms with Gasteiger partial charge in [-0.25, -0.2) is 9.52 Å². The molecule has 136 valence electrons. The average Bonchev–Trinajstić information content (AvgIpc) is 2.95. The zero-order valence-corrected chi connectivity index (χ0v) is 13.7. The van der Waals surface area contributed by atoms with Crippen molar-refractivity contribution in [2.75, 3.05) is 0 Å². The molecular formula is C14H18F3NO5S. The smallest absolute Gasteiger partial charge is 0.459 e. The van der Waals surface area contributed by atoms with Crippen LogP contribution in [0, 0.1) is 17.8 Å². The van der Waals surface area contributed by atoms with Gasteiger partial charge >= 0.3 is 21.5 Å². The Kier molecular flexibility index (Phi) is 4.98. The number of amides is 1. The zero-order chi connectivity index (χ0) is 18.3. The highest BCUT2D eigenvalue weighted by molar-refractivity contribution is 7.90. The van der Waals surface area contributed by atoms with Gasteiger partial charge in [0.2, 0.25) is 5.91 Å². The molecule has 24 heavy (non-hydrogen) atoms. The number of sulfonamides is 1. The highest BCUT2D eigenvalue weighted by Crippen LogP contribution is 2.51. The van der Waals surface area contributed by atoms with Crippen molar-refractivity contribution in [2.45, 2.75) is 44.2 Å². The van der Waals surface area contributed by atoms with E-state index in [-0.39, 0.29) is 29.7 Å². The highest BCUT2D eigenvalue weighted by atomic mass is 32.2. The number of rotatable bonds is 5. The number of alkyl halides is 3. The quantitative estimate of drug-likeness (QED) is 0.590. The summed E-state index contributed by atoms with van der Waals surface area (Å²) < 4.78 is 65.0. The van der Waals surface area contributed by atoms with Crippen molar-refractivity contribution in [1.82, 2.24) is 4.72 Å². The van der Waals surface area contributed by atoms with Gasteiger partial charge in [-0.2, -0.15) is 21.6 Å². The van der Waals surface area contributed by atoms with Crippen molar-refractivity contribution >= 4 is 21.9 Å². The van der Waals surface area contributed by atoms with Crippen molar-refractivity contribution < 1.29 is 35.9 Å². The molecule has 0 spiro atoms. The zero-order valence-electron chi connectivity index (χ0n) is 12.9. The molecule has 2 fully saturated rings. The van der Waals surface area contributed by atoms with Crippen molar-refractivity contribution in [1.29, 1.82) is 0 Å². The maximum absolute atomic E-state index is 12.3. The predicted octanol–water partition coefficient (Wildman–Crippen LogP) is 1.88. The number of halogens is 3. The Morgan fingerprint density at radius 3 is 2.38 bits per heavy atom. The molecule has 10 heteroatoms. The summed E-state index contributed by atoms with van der Waals surface area (Å²) in [7, 11) is -5.69. The molecule has 4 atom stereocenters. The molecular weight excluding hydrogens is 351 g/mol. The minimum absolute atomic E-state index is 0.155. The van der Waals surface area contributed by atoms with E-state index >= 15 is 0 Å². The fourth-order valence-corrected chi connectivity index (χ4v) is 4.02. The van der Waals surface area contributed by atoms with Crippen LogP contribution in [0.1, 0.15) is 32.6 Å². The van der Waals surface area contributed by atoms with Gasteiger partial charge in [-0.3, -0.25) is 4.79 Å². The Labute approximate surface area is 137 Å². The molecule has 2 aliphatic rings.